The van der Waals surface area contributed by atoms with E-state index in [2.05, 4.69) is 5.32 Å². The molecular formula is C16H23NO3. The van der Waals surface area contributed by atoms with Gasteiger partial charge in [0, 0.05) is 17.9 Å². The number of ether oxygens (including phenoxy) is 1. The van der Waals surface area contributed by atoms with Gasteiger partial charge in [0.15, 0.2) is 0 Å². The average molecular weight is 277 g/mol. The summed E-state index contributed by atoms with van der Waals surface area (Å²) in [6.07, 6.45) is 1.48. The van der Waals surface area contributed by atoms with Gasteiger partial charge >= 0.3 is 0 Å². The number of methoxy groups -OCH3 is 1. The van der Waals surface area contributed by atoms with Crippen LogP contribution in [-0.4, -0.2) is 30.3 Å². The fourth-order valence-corrected chi connectivity index (χ4v) is 2.50. The van der Waals surface area contributed by atoms with E-state index in [-0.39, 0.29) is 23.5 Å². The summed E-state index contributed by atoms with van der Waals surface area (Å²) in [5.74, 6) is 0.851. The summed E-state index contributed by atoms with van der Waals surface area (Å²) in [5.41, 5.74) is 0.874. The molecule has 4 heteroatoms. The summed E-state index contributed by atoms with van der Waals surface area (Å²) >= 11 is 0. The van der Waals surface area contributed by atoms with E-state index >= 15 is 0 Å². The number of carbonyl (C=O) groups is 1. The van der Waals surface area contributed by atoms with Crippen LogP contribution in [0.2, 0.25) is 0 Å². The second kappa shape index (κ2) is 5.83. The maximum Gasteiger partial charge on any atom is 0.220 e. The topological polar surface area (TPSA) is 58.6 Å². The summed E-state index contributed by atoms with van der Waals surface area (Å²) in [6.45, 7) is 3.96. The Labute approximate surface area is 120 Å². The van der Waals surface area contributed by atoms with Gasteiger partial charge in [-0.1, -0.05) is 26.0 Å². The Morgan fingerprint density at radius 3 is 2.85 bits per heavy atom. The van der Waals surface area contributed by atoms with E-state index in [4.69, 9.17) is 4.74 Å². The number of aliphatic hydroxyl groups excluding tert-OH is 1. The first kappa shape index (κ1) is 14.9. The Morgan fingerprint density at radius 2 is 2.25 bits per heavy atom. The highest BCUT2D eigenvalue weighted by atomic mass is 16.5. The van der Waals surface area contributed by atoms with E-state index in [9.17, 15) is 9.90 Å². The molecule has 1 aliphatic carbocycles. The molecule has 0 aliphatic heterocycles. The molecule has 0 saturated heterocycles. The third-order valence-electron chi connectivity index (χ3n) is 4.33. The number of hydrogen-bond acceptors (Lipinski definition) is 3. The van der Waals surface area contributed by atoms with Gasteiger partial charge < -0.3 is 15.2 Å². The largest absolute Gasteiger partial charge is 0.497 e. The van der Waals surface area contributed by atoms with Gasteiger partial charge in [0.1, 0.15) is 5.75 Å². The van der Waals surface area contributed by atoms with Crippen molar-refractivity contribution >= 4 is 5.91 Å². The van der Waals surface area contributed by atoms with Crippen molar-refractivity contribution < 1.29 is 14.6 Å². The van der Waals surface area contributed by atoms with Gasteiger partial charge in [0.2, 0.25) is 5.91 Å². The fourth-order valence-electron chi connectivity index (χ4n) is 2.50. The minimum atomic E-state index is -0.314. The van der Waals surface area contributed by atoms with E-state index < -0.39 is 0 Å². The van der Waals surface area contributed by atoms with E-state index in [0.717, 1.165) is 11.3 Å². The van der Waals surface area contributed by atoms with E-state index in [1.54, 1.807) is 7.11 Å². The van der Waals surface area contributed by atoms with Crippen molar-refractivity contribution in [3.8, 4) is 5.75 Å². The van der Waals surface area contributed by atoms with Crippen LogP contribution in [0.25, 0.3) is 0 Å². The van der Waals surface area contributed by atoms with Crippen molar-refractivity contribution in [3.63, 3.8) is 0 Å². The highest BCUT2D eigenvalue weighted by Gasteiger charge is 2.47. The standard InChI is InChI=1S/C16H23NO3/c1-16(2)13(10-14(16)18)17-15(19)8-7-11-5-4-6-12(9-11)20-3/h4-6,9,13-14,18H,7-8,10H2,1-3H3,(H,17,19). The summed E-state index contributed by atoms with van der Waals surface area (Å²) in [5, 5.41) is 12.7. The number of rotatable bonds is 5. The molecule has 1 aliphatic rings. The van der Waals surface area contributed by atoms with Gasteiger partial charge in [-0.15, -0.1) is 0 Å². The lowest BCUT2D eigenvalue weighted by atomic mass is 9.64. The first-order valence-electron chi connectivity index (χ1n) is 7.04. The van der Waals surface area contributed by atoms with E-state index in [1.165, 1.54) is 0 Å². The van der Waals surface area contributed by atoms with Gasteiger partial charge in [-0.25, -0.2) is 0 Å². The van der Waals surface area contributed by atoms with Gasteiger partial charge in [0.05, 0.1) is 13.2 Å². The molecule has 0 heterocycles. The highest BCUT2D eigenvalue weighted by molar-refractivity contribution is 5.76. The molecule has 0 radical (unpaired) electrons. The van der Waals surface area contributed by atoms with Crippen LogP contribution in [0.5, 0.6) is 5.75 Å². The minimum absolute atomic E-state index is 0.0396. The van der Waals surface area contributed by atoms with Crippen LogP contribution in [0.3, 0.4) is 0 Å². The SMILES string of the molecule is COc1cccc(CCC(=O)NC2CC(O)C2(C)C)c1. The smallest absolute Gasteiger partial charge is 0.220 e. The van der Waals surface area contributed by atoms with Crippen molar-refractivity contribution in [2.75, 3.05) is 7.11 Å². The van der Waals surface area contributed by atoms with Crippen molar-refractivity contribution in [1.82, 2.24) is 5.32 Å². The normalized spacial score (nSPS) is 23.8. The van der Waals surface area contributed by atoms with Crippen LogP contribution in [-0.2, 0) is 11.2 Å². The molecule has 1 fully saturated rings. The number of hydrogen-bond donors (Lipinski definition) is 2. The lowest BCUT2D eigenvalue weighted by Gasteiger charge is -2.49. The number of benzene rings is 1. The van der Waals surface area contributed by atoms with Crippen molar-refractivity contribution in [2.24, 2.45) is 5.41 Å². The number of amides is 1. The molecular weight excluding hydrogens is 254 g/mol. The van der Waals surface area contributed by atoms with Crippen LogP contribution in [0.4, 0.5) is 0 Å². The molecule has 1 amide bonds. The van der Waals surface area contributed by atoms with Gasteiger partial charge in [-0.3, -0.25) is 4.79 Å². The predicted molar refractivity (Wildman–Crippen MR) is 77.7 cm³/mol. The Balaban J connectivity index is 1.81. The molecule has 2 atom stereocenters. The van der Waals surface area contributed by atoms with Crippen molar-refractivity contribution in [2.45, 2.75) is 45.3 Å². The Bertz CT molecular complexity index is 484. The quantitative estimate of drug-likeness (QED) is 0.864. The van der Waals surface area contributed by atoms with Crippen LogP contribution in [0.1, 0.15) is 32.3 Å². The second-order valence-electron chi connectivity index (χ2n) is 6.04. The van der Waals surface area contributed by atoms with Crippen LogP contribution >= 0.6 is 0 Å². The molecule has 2 rings (SSSR count). The van der Waals surface area contributed by atoms with Gasteiger partial charge in [0.25, 0.3) is 0 Å². The zero-order valence-corrected chi connectivity index (χ0v) is 12.3. The molecule has 2 N–H and O–H groups in total. The number of aryl methyl sites for hydroxylation is 1. The lowest BCUT2D eigenvalue weighted by molar-refractivity contribution is -0.129. The van der Waals surface area contributed by atoms with Gasteiger partial charge in [-0.05, 0) is 30.5 Å². The van der Waals surface area contributed by atoms with Crippen LogP contribution < -0.4 is 10.1 Å². The predicted octanol–water partition coefficient (Wildman–Crippen LogP) is 1.90. The molecule has 2 unspecified atom stereocenters. The van der Waals surface area contributed by atoms with Crippen molar-refractivity contribution in [1.29, 1.82) is 0 Å². The monoisotopic (exact) mass is 277 g/mol. The molecule has 4 nitrogen and oxygen atoms in total. The summed E-state index contributed by atoms with van der Waals surface area (Å²) < 4.78 is 5.16. The number of carbonyl (C=O) groups excluding carboxylic acids is 1. The first-order valence-corrected chi connectivity index (χ1v) is 7.04. The molecule has 1 aromatic carbocycles. The third kappa shape index (κ3) is 3.12. The molecule has 110 valence electrons. The van der Waals surface area contributed by atoms with Crippen molar-refractivity contribution in [3.05, 3.63) is 29.8 Å². The van der Waals surface area contributed by atoms with Crippen LogP contribution in [0, 0.1) is 5.41 Å². The molecule has 1 aromatic rings. The number of aliphatic hydroxyl groups is 1. The zero-order valence-electron chi connectivity index (χ0n) is 12.3. The molecule has 0 spiro atoms. The Hall–Kier alpha value is -1.55. The highest BCUT2D eigenvalue weighted by Crippen LogP contribution is 2.40. The molecule has 1 saturated carbocycles. The zero-order chi connectivity index (χ0) is 14.8. The molecule has 20 heavy (non-hydrogen) atoms. The second-order valence-corrected chi connectivity index (χ2v) is 6.04. The molecule has 0 bridgehead atoms. The van der Waals surface area contributed by atoms with Gasteiger partial charge in [-0.2, -0.15) is 0 Å². The van der Waals surface area contributed by atoms with Crippen LogP contribution in [0.15, 0.2) is 24.3 Å². The fraction of sp³-hybridized carbons (Fsp3) is 0.562. The summed E-state index contributed by atoms with van der Waals surface area (Å²) in [7, 11) is 1.63. The average Bonchev–Trinajstić information content (AvgIpc) is 2.45. The van der Waals surface area contributed by atoms with E-state index in [0.29, 0.717) is 19.3 Å². The van der Waals surface area contributed by atoms with E-state index in [1.807, 2.05) is 38.1 Å². The Morgan fingerprint density at radius 1 is 1.50 bits per heavy atom. The third-order valence-corrected chi connectivity index (χ3v) is 4.33. The number of nitrogens with one attached hydrogen (secondary N) is 1. The minimum Gasteiger partial charge on any atom is -0.497 e. The molecule has 0 aromatic heterocycles. The summed E-state index contributed by atoms with van der Waals surface area (Å²) in [6, 6.07) is 7.84. The summed E-state index contributed by atoms with van der Waals surface area (Å²) in [4.78, 5) is 11.9. The maximum absolute atomic E-state index is 11.9. The lowest BCUT2D eigenvalue weighted by Crippen LogP contribution is -2.61. The maximum atomic E-state index is 11.9. The first-order chi connectivity index (χ1) is 9.43. The Kier molecular flexibility index (Phi) is 4.33.